The Hall–Kier alpha value is -1.59. The predicted octanol–water partition coefficient (Wildman–Crippen LogP) is 1.38. The number of benzene rings is 1. The molecule has 0 radical (unpaired) electrons. The van der Waals surface area contributed by atoms with Crippen LogP contribution in [-0.2, 0) is 4.79 Å². The molecule has 1 aliphatic carbocycles. The second-order valence-corrected chi connectivity index (χ2v) is 6.02. The van der Waals surface area contributed by atoms with Gasteiger partial charge in [0.25, 0.3) is 0 Å². The van der Waals surface area contributed by atoms with Gasteiger partial charge in [0.2, 0.25) is 5.91 Å². The van der Waals surface area contributed by atoms with Gasteiger partial charge in [-0.1, -0.05) is 30.3 Å². The normalized spacial score (nSPS) is 19.2. The fourth-order valence-corrected chi connectivity index (χ4v) is 2.86. The smallest absolute Gasteiger partial charge is 0.234 e. The Morgan fingerprint density at radius 3 is 2.39 bits per heavy atom. The van der Waals surface area contributed by atoms with Crippen LogP contribution in [0.4, 0.5) is 0 Å². The van der Waals surface area contributed by atoms with Gasteiger partial charge in [-0.3, -0.25) is 14.7 Å². The molecule has 126 valence electrons. The van der Waals surface area contributed by atoms with Crippen molar-refractivity contribution in [2.24, 2.45) is 4.99 Å². The first kappa shape index (κ1) is 17.8. The highest BCUT2D eigenvalue weighted by atomic mass is 35.5. The van der Waals surface area contributed by atoms with E-state index in [-0.39, 0.29) is 18.3 Å². The molecular weight excluding hydrogens is 312 g/mol. The molecule has 5 nitrogen and oxygen atoms in total. The number of aliphatic imine (C=N–C) groups is 1. The van der Waals surface area contributed by atoms with Crippen LogP contribution in [0.1, 0.15) is 18.4 Å². The number of carbonyl (C=O) groups is 1. The molecule has 0 unspecified atom stereocenters. The van der Waals surface area contributed by atoms with Crippen molar-refractivity contribution in [2.45, 2.75) is 18.9 Å². The van der Waals surface area contributed by atoms with Gasteiger partial charge in [0, 0.05) is 44.8 Å². The second-order valence-electron chi connectivity index (χ2n) is 6.02. The number of hydrogen-bond acceptors (Lipinski definition) is 3. The van der Waals surface area contributed by atoms with E-state index < -0.39 is 0 Å². The van der Waals surface area contributed by atoms with Gasteiger partial charge < -0.3 is 10.2 Å². The molecule has 1 N–H and O–H groups in total. The molecule has 0 bridgehead atoms. The molecule has 6 heteroatoms. The van der Waals surface area contributed by atoms with Crippen molar-refractivity contribution in [1.29, 1.82) is 0 Å². The number of rotatable bonds is 4. The molecule has 0 spiro atoms. The number of halogens is 1. The standard InChI is InChI=1S/C17H24N4O.ClH/c1-18-17(14-5-3-2-4-6-14)21-11-9-20(10-12-21)13-16(22)19-15-7-8-15;/h2-6,15H,7-13H2,1H3,(H,19,22);1H. The van der Waals surface area contributed by atoms with Crippen LogP contribution in [0.15, 0.2) is 35.3 Å². The molecule has 1 heterocycles. The fourth-order valence-electron chi connectivity index (χ4n) is 2.86. The first-order valence-corrected chi connectivity index (χ1v) is 8.05. The van der Waals surface area contributed by atoms with Crippen molar-refractivity contribution in [1.82, 2.24) is 15.1 Å². The maximum Gasteiger partial charge on any atom is 0.234 e. The van der Waals surface area contributed by atoms with E-state index in [9.17, 15) is 4.79 Å². The van der Waals surface area contributed by atoms with Gasteiger partial charge in [0.05, 0.1) is 6.54 Å². The Morgan fingerprint density at radius 2 is 1.83 bits per heavy atom. The third-order valence-corrected chi connectivity index (χ3v) is 4.23. The number of hydrogen-bond donors (Lipinski definition) is 1. The maximum atomic E-state index is 11.9. The third kappa shape index (κ3) is 4.94. The molecule has 0 atom stereocenters. The van der Waals surface area contributed by atoms with Crippen molar-refractivity contribution in [3.63, 3.8) is 0 Å². The minimum atomic E-state index is 0. The lowest BCUT2D eigenvalue weighted by atomic mass is 10.1. The van der Waals surface area contributed by atoms with E-state index in [2.05, 4.69) is 32.2 Å². The van der Waals surface area contributed by atoms with Crippen molar-refractivity contribution in [2.75, 3.05) is 39.8 Å². The number of nitrogens with zero attached hydrogens (tertiary/aromatic N) is 3. The van der Waals surface area contributed by atoms with Gasteiger partial charge in [-0.2, -0.15) is 0 Å². The molecule has 1 aromatic rings. The summed E-state index contributed by atoms with van der Waals surface area (Å²) in [4.78, 5) is 20.9. The van der Waals surface area contributed by atoms with Crippen LogP contribution < -0.4 is 5.32 Å². The molecule has 1 aliphatic heterocycles. The van der Waals surface area contributed by atoms with Crippen LogP contribution in [-0.4, -0.2) is 67.4 Å². The lowest BCUT2D eigenvalue weighted by Crippen LogP contribution is -2.51. The molecule has 3 rings (SSSR count). The summed E-state index contributed by atoms with van der Waals surface area (Å²) in [5, 5.41) is 3.05. The fraction of sp³-hybridized carbons (Fsp3) is 0.529. The van der Waals surface area contributed by atoms with Crippen molar-refractivity contribution >= 4 is 24.1 Å². The summed E-state index contributed by atoms with van der Waals surface area (Å²) in [5.41, 5.74) is 1.16. The van der Waals surface area contributed by atoms with Gasteiger partial charge in [-0.25, -0.2) is 0 Å². The zero-order valence-corrected chi connectivity index (χ0v) is 14.4. The zero-order valence-electron chi connectivity index (χ0n) is 13.6. The maximum absolute atomic E-state index is 11.9. The highest BCUT2D eigenvalue weighted by Crippen LogP contribution is 2.18. The Labute approximate surface area is 144 Å². The molecule has 1 aromatic carbocycles. The van der Waals surface area contributed by atoms with Crippen molar-refractivity contribution in [3.05, 3.63) is 35.9 Å². The average Bonchev–Trinajstić information content (AvgIpc) is 3.34. The van der Waals surface area contributed by atoms with Crippen molar-refractivity contribution in [3.8, 4) is 0 Å². The Bertz CT molecular complexity index is 537. The van der Waals surface area contributed by atoms with Crippen LogP contribution in [0.25, 0.3) is 0 Å². The number of carbonyl (C=O) groups excluding carboxylic acids is 1. The van der Waals surface area contributed by atoms with Gasteiger partial charge in [-0.15, -0.1) is 12.4 Å². The second kappa shape index (κ2) is 8.31. The van der Waals surface area contributed by atoms with E-state index in [0.717, 1.165) is 50.4 Å². The predicted molar refractivity (Wildman–Crippen MR) is 95.3 cm³/mol. The first-order chi connectivity index (χ1) is 10.8. The largest absolute Gasteiger partial charge is 0.354 e. The van der Waals surface area contributed by atoms with Gasteiger partial charge in [0.1, 0.15) is 5.84 Å². The minimum absolute atomic E-state index is 0. The SMILES string of the molecule is CN=C(c1ccccc1)N1CCN(CC(=O)NC2CC2)CC1.Cl. The summed E-state index contributed by atoms with van der Waals surface area (Å²) >= 11 is 0. The van der Waals surface area contributed by atoms with E-state index in [0.29, 0.717) is 12.6 Å². The van der Waals surface area contributed by atoms with Crippen molar-refractivity contribution < 1.29 is 4.79 Å². The topological polar surface area (TPSA) is 47.9 Å². The van der Waals surface area contributed by atoms with E-state index in [4.69, 9.17) is 0 Å². The molecule has 1 saturated carbocycles. The lowest BCUT2D eigenvalue weighted by molar-refractivity contribution is -0.122. The van der Waals surface area contributed by atoms with E-state index in [1.807, 2.05) is 25.2 Å². The average molecular weight is 337 g/mol. The number of amides is 1. The molecule has 1 saturated heterocycles. The summed E-state index contributed by atoms with van der Waals surface area (Å²) in [6.45, 7) is 4.17. The molecule has 1 amide bonds. The van der Waals surface area contributed by atoms with Gasteiger partial charge in [0.15, 0.2) is 0 Å². The van der Waals surface area contributed by atoms with Crippen LogP contribution in [0.2, 0.25) is 0 Å². The highest BCUT2D eigenvalue weighted by molar-refractivity contribution is 5.98. The van der Waals surface area contributed by atoms with Gasteiger partial charge >= 0.3 is 0 Å². The van der Waals surface area contributed by atoms with E-state index in [1.165, 1.54) is 0 Å². The third-order valence-electron chi connectivity index (χ3n) is 4.23. The number of piperazine rings is 1. The molecular formula is C17H25ClN4O. The lowest BCUT2D eigenvalue weighted by Gasteiger charge is -2.36. The molecule has 2 fully saturated rings. The zero-order chi connectivity index (χ0) is 15.4. The number of amidine groups is 1. The molecule has 2 aliphatic rings. The summed E-state index contributed by atoms with van der Waals surface area (Å²) in [7, 11) is 1.85. The first-order valence-electron chi connectivity index (χ1n) is 8.05. The quantitative estimate of drug-likeness (QED) is 0.667. The molecule has 0 aromatic heterocycles. The Kier molecular flexibility index (Phi) is 6.42. The van der Waals surface area contributed by atoms with Gasteiger partial charge in [-0.05, 0) is 12.8 Å². The van der Waals surface area contributed by atoms with Crippen LogP contribution in [0.5, 0.6) is 0 Å². The summed E-state index contributed by atoms with van der Waals surface area (Å²) in [6, 6.07) is 10.7. The van der Waals surface area contributed by atoms with E-state index in [1.54, 1.807) is 0 Å². The van der Waals surface area contributed by atoms with Crippen LogP contribution >= 0.6 is 12.4 Å². The Morgan fingerprint density at radius 1 is 1.17 bits per heavy atom. The van der Waals surface area contributed by atoms with Crippen LogP contribution in [0, 0.1) is 0 Å². The summed E-state index contributed by atoms with van der Waals surface area (Å²) in [5.74, 6) is 1.21. The highest BCUT2D eigenvalue weighted by Gasteiger charge is 2.26. The monoisotopic (exact) mass is 336 g/mol. The van der Waals surface area contributed by atoms with E-state index >= 15 is 0 Å². The minimum Gasteiger partial charge on any atom is -0.354 e. The molecule has 23 heavy (non-hydrogen) atoms. The number of nitrogens with one attached hydrogen (secondary N) is 1. The summed E-state index contributed by atoms with van der Waals surface area (Å²) < 4.78 is 0. The Balaban J connectivity index is 0.00000192. The summed E-state index contributed by atoms with van der Waals surface area (Å²) in [6.07, 6.45) is 2.29. The van der Waals surface area contributed by atoms with Crippen LogP contribution in [0.3, 0.4) is 0 Å².